The maximum absolute atomic E-state index is 3.86. The standard InChI is InChI=1S/C7H10N6/c1(4-12-6-2-8-10-12)5-13-7-3-9-11-13/h2-3,6-7H,1,4-5H2. The van der Waals surface area contributed by atoms with Crippen LogP contribution >= 0.6 is 0 Å². The van der Waals surface area contributed by atoms with Crippen molar-refractivity contribution in [3.63, 3.8) is 0 Å². The Morgan fingerprint density at radius 1 is 0.846 bits per heavy atom. The van der Waals surface area contributed by atoms with E-state index < -0.39 is 0 Å². The van der Waals surface area contributed by atoms with Crippen LogP contribution in [0.4, 0.5) is 0 Å². The predicted octanol–water partition coefficient (Wildman–Crippen LogP) is -0.0401. The molecule has 13 heavy (non-hydrogen) atoms. The molecule has 2 rings (SSSR count). The number of aryl methyl sites for hydroxylation is 2. The first-order valence-electron chi connectivity index (χ1n) is 4.13. The zero-order valence-electron chi connectivity index (χ0n) is 7.11. The van der Waals surface area contributed by atoms with Crippen LogP contribution in [0.3, 0.4) is 0 Å². The lowest BCUT2D eigenvalue weighted by Gasteiger charge is -1.99. The van der Waals surface area contributed by atoms with Gasteiger partial charge in [0, 0.05) is 25.5 Å². The smallest absolute Gasteiger partial charge is 0.0692 e. The first kappa shape index (κ1) is 7.90. The number of rotatable bonds is 4. The summed E-state index contributed by atoms with van der Waals surface area (Å²) in [5.74, 6) is 0. The SMILES string of the molecule is c1cn(CCCn2ccnn2)nn1. The summed E-state index contributed by atoms with van der Waals surface area (Å²) in [6.45, 7) is 1.72. The maximum Gasteiger partial charge on any atom is 0.0692 e. The van der Waals surface area contributed by atoms with E-state index in [-0.39, 0.29) is 0 Å². The molecule has 6 nitrogen and oxygen atoms in total. The molecular formula is C7H10N6. The summed E-state index contributed by atoms with van der Waals surface area (Å²) in [6.07, 6.45) is 8.03. The zero-order chi connectivity index (χ0) is 8.93. The van der Waals surface area contributed by atoms with Gasteiger partial charge in [-0.05, 0) is 6.42 Å². The molecule has 68 valence electrons. The highest BCUT2D eigenvalue weighted by molar-refractivity contribution is 4.65. The summed E-state index contributed by atoms with van der Waals surface area (Å²) in [7, 11) is 0. The highest BCUT2D eigenvalue weighted by Crippen LogP contribution is 1.91. The molecule has 2 aromatic heterocycles. The van der Waals surface area contributed by atoms with Crippen molar-refractivity contribution in [2.75, 3.05) is 0 Å². The molecule has 0 radical (unpaired) electrons. The summed E-state index contributed by atoms with van der Waals surface area (Å²) in [5, 5.41) is 15.1. The minimum atomic E-state index is 0.861. The average molecular weight is 178 g/mol. The van der Waals surface area contributed by atoms with E-state index in [2.05, 4.69) is 20.6 Å². The Labute approximate surface area is 75.2 Å². The van der Waals surface area contributed by atoms with Gasteiger partial charge in [-0.15, -0.1) is 10.2 Å². The van der Waals surface area contributed by atoms with Crippen molar-refractivity contribution in [1.29, 1.82) is 0 Å². The van der Waals surface area contributed by atoms with Gasteiger partial charge in [-0.2, -0.15) is 0 Å². The third-order valence-corrected chi connectivity index (χ3v) is 1.72. The predicted molar refractivity (Wildman–Crippen MR) is 44.7 cm³/mol. The van der Waals surface area contributed by atoms with Crippen LogP contribution in [0.5, 0.6) is 0 Å². The molecule has 0 N–H and O–H groups in total. The van der Waals surface area contributed by atoms with Crippen LogP contribution in [-0.2, 0) is 13.1 Å². The monoisotopic (exact) mass is 178 g/mol. The third-order valence-electron chi connectivity index (χ3n) is 1.72. The minimum absolute atomic E-state index is 0.861. The van der Waals surface area contributed by atoms with Crippen molar-refractivity contribution in [3.05, 3.63) is 24.8 Å². The molecule has 0 bridgehead atoms. The fourth-order valence-corrected chi connectivity index (χ4v) is 1.10. The van der Waals surface area contributed by atoms with E-state index in [1.165, 1.54) is 0 Å². The molecule has 0 aromatic carbocycles. The van der Waals surface area contributed by atoms with E-state index >= 15 is 0 Å². The van der Waals surface area contributed by atoms with Crippen molar-refractivity contribution in [1.82, 2.24) is 30.0 Å². The zero-order valence-corrected chi connectivity index (χ0v) is 7.11. The fraction of sp³-hybridized carbons (Fsp3) is 0.429. The third kappa shape index (κ3) is 2.11. The lowest BCUT2D eigenvalue weighted by atomic mass is 10.4. The molecule has 0 saturated heterocycles. The summed E-state index contributed by atoms with van der Waals surface area (Å²) in [4.78, 5) is 0. The first-order chi connectivity index (χ1) is 6.45. The molecule has 2 aromatic rings. The molecule has 0 fully saturated rings. The lowest BCUT2D eigenvalue weighted by molar-refractivity contribution is 0.484. The van der Waals surface area contributed by atoms with Crippen LogP contribution in [-0.4, -0.2) is 30.0 Å². The second-order valence-corrected chi connectivity index (χ2v) is 2.69. The first-order valence-corrected chi connectivity index (χ1v) is 4.13. The average Bonchev–Trinajstić information content (AvgIpc) is 2.75. The van der Waals surface area contributed by atoms with Gasteiger partial charge in [0.15, 0.2) is 0 Å². The van der Waals surface area contributed by atoms with Crippen LogP contribution in [0.15, 0.2) is 24.8 Å². The molecule has 0 spiro atoms. The Bertz CT molecular complexity index is 290. The van der Waals surface area contributed by atoms with Gasteiger partial charge in [-0.3, -0.25) is 9.36 Å². The molecule has 0 saturated carbocycles. The van der Waals surface area contributed by atoms with E-state index in [1.807, 2.05) is 12.4 Å². The van der Waals surface area contributed by atoms with Gasteiger partial charge in [0.1, 0.15) is 0 Å². The molecule has 6 heteroatoms. The summed E-state index contributed by atoms with van der Waals surface area (Å²) in [6, 6.07) is 0. The molecule has 0 atom stereocenters. The van der Waals surface area contributed by atoms with Gasteiger partial charge in [-0.25, -0.2) is 0 Å². The Kier molecular flexibility index (Phi) is 2.31. The molecule has 0 unspecified atom stereocenters. The van der Waals surface area contributed by atoms with E-state index in [0.717, 1.165) is 19.5 Å². The van der Waals surface area contributed by atoms with Gasteiger partial charge in [-0.1, -0.05) is 10.4 Å². The van der Waals surface area contributed by atoms with Gasteiger partial charge in [0.25, 0.3) is 0 Å². The molecule has 0 aliphatic carbocycles. The van der Waals surface area contributed by atoms with E-state index in [4.69, 9.17) is 0 Å². The maximum atomic E-state index is 3.86. The van der Waals surface area contributed by atoms with E-state index in [9.17, 15) is 0 Å². The summed E-state index contributed by atoms with van der Waals surface area (Å²) >= 11 is 0. The van der Waals surface area contributed by atoms with Crippen LogP contribution in [0.2, 0.25) is 0 Å². The van der Waals surface area contributed by atoms with Crippen molar-refractivity contribution in [2.24, 2.45) is 0 Å². The van der Waals surface area contributed by atoms with Crippen LogP contribution < -0.4 is 0 Å². The van der Waals surface area contributed by atoms with E-state index in [0.29, 0.717) is 0 Å². The Balaban J connectivity index is 1.76. The number of nitrogens with zero attached hydrogens (tertiary/aromatic N) is 6. The lowest BCUT2D eigenvalue weighted by Crippen LogP contribution is -2.05. The highest BCUT2D eigenvalue weighted by atomic mass is 15.4. The quantitative estimate of drug-likeness (QED) is 0.659. The van der Waals surface area contributed by atoms with E-state index in [1.54, 1.807) is 21.8 Å². The molecule has 0 aliphatic heterocycles. The van der Waals surface area contributed by atoms with Crippen molar-refractivity contribution < 1.29 is 0 Å². The Morgan fingerprint density at radius 3 is 1.77 bits per heavy atom. The Morgan fingerprint density at radius 2 is 1.38 bits per heavy atom. The number of aromatic nitrogens is 6. The number of hydrogen-bond donors (Lipinski definition) is 0. The van der Waals surface area contributed by atoms with Crippen molar-refractivity contribution in [3.8, 4) is 0 Å². The normalized spacial score (nSPS) is 10.5. The minimum Gasteiger partial charge on any atom is -0.253 e. The van der Waals surface area contributed by atoms with Gasteiger partial charge in [0.2, 0.25) is 0 Å². The second kappa shape index (κ2) is 3.79. The number of hydrogen-bond acceptors (Lipinski definition) is 4. The largest absolute Gasteiger partial charge is 0.253 e. The molecular weight excluding hydrogens is 168 g/mol. The fourth-order valence-electron chi connectivity index (χ4n) is 1.10. The van der Waals surface area contributed by atoms with Crippen molar-refractivity contribution in [2.45, 2.75) is 19.5 Å². The second-order valence-electron chi connectivity index (χ2n) is 2.69. The van der Waals surface area contributed by atoms with Crippen LogP contribution in [0.1, 0.15) is 6.42 Å². The topological polar surface area (TPSA) is 61.4 Å². The highest BCUT2D eigenvalue weighted by Gasteiger charge is 1.93. The van der Waals surface area contributed by atoms with Gasteiger partial charge in [0.05, 0.1) is 12.4 Å². The summed E-state index contributed by atoms with van der Waals surface area (Å²) in [5.41, 5.74) is 0. The van der Waals surface area contributed by atoms with Crippen molar-refractivity contribution >= 4 is 0 Å². The van der Waals surface area contributed by atoms with Gasteiger partial charge < -0.3 is 0 Å². The van der Waals surface area contributed by atoms with Gasteiger partial charge >= 0.3 is 0 Å². The molecule has 2 heterocycles. The Hall–Kier alpha value is -1.72. The van der Waals surface area contributed by atoms with Crippen LogP contribution in [0, 0.1) is 0 Å². The summed E-state index contributed by atoms with van der Waals surface area (Å²) < 4.78 is 3.61. The molecule has 0 amide bonds. The molecule has 0 aliphatic rings. The van der Waals surface area contributed by atoms with Crippen LogP contribution in [0.25, 0.3) is 0 Å².